The van der Waals surface area contributed by atoms with E-state index in [9.17, 15) is 15.0 Å². The quantitative estimate of drug-likeness (QED) is 0.423. The van der Waals surface area contributed by atoms with E-state index in [1.807, 2.05) is 42.5 Å². The second kappa shape index (κ2) is 9.41. The number of carbonyl (C=O) groups is 1. The van der Waals surface area contributed by atoms with Crippen LogP contribution in [-0.4, -0.2) is 41.6 Å². The number of carbonyl (C=O) groups excluding carboxylic acids is 1. The van der Waals surface area contributed by atoms with Gasteiger partial charge in [0.15, 0.2) is 0 Å². The minimum atomic E-state index is -0.988. The Hall–Kier alpha value is -3.09. The number of aliphatic hydroxyl groups excluding tert-OH is 2. The number of benzene rings is 2. The lowest BCUT2D eigenvalue weighted by molar-refractivity contribution is -0.142. The second-order valence-electron chi connectivity index (χ2n) is 6.91. The van der Waals surface area contributed by atoms with Crippen molar-refractivity contribution in [3.05, 3.63) is 66.7 Å². The largest absolute Gasteiger partial charge is 0.491 e. The summed E-state index contributed by atoms with van der Waals surface area (Å²) in [7, 11) is 0. The fourth-order valence-electron chi connectivity index (χ4n) is 2.78. The van der Waals surface area contributed by atoms with Crippen molar-refractivity contribution in [2.75, 3.05) is 13.2 Å². The fraction of sp³-hybridized carbons (Fsp3) is 0.261. The molecule has 0 saturated carbocycles. The molecule has 0 aliphatic heterocycles. The van der Waals surface area contributed by atoms with Crippen LogP contribution in [0.5, 0.6) is 5.75 Å². The van der Waals surface area contributed by atoms with Gasteiger partial charge in [0, 0.05) is 29.0 Å². The molecule has 2 unspecified atom stereocenters. The van der Waals surface area contributed by atoms with Gasteiger partial charge in [0.2, 0.25) is 0 Å². The van der Waals surface area contributed by atoms with Crippen molar-refractivity contribution in [2.24, 2.45) is 0 Å². The predicted octanol–water partition coefficient (Wildman–Crippen LogP) is 3.71. The van der Waals surface area contributed by atoms with Crippen LogP contribution in [0.3, 0.4) is 0 Å². The molecule has 2 N–H and O–H groups in total. The minimum absolute atomic E-state index is 0.0107. The van der Waals surface area contributed by atoms with Crippen molar-refractivity contribution in [2.45, 2.75) is 25.6 Å². The number of hydrogen-bond acceptors (Lipinski definition) is 6. The standard InChI is InChI=1S/C23H24O6/c1-15(2)23(26)28-14-19(25)11-18(24)13-27-20-9-8-17-10-21(29-22(17)12-20)16-6-4-3-5-7-16/h3-10,12,18-19,24-25H,1,11,13-14H2,2H3. The smallest absolute Gasteiger partial charge is 0.333 e. The van der Waals surface area contributed by atoms with Gasteiger partial charge in [0.1, 0.15) is 30.3 Å². The first-order valence-electron chi connectivity index (χ1n) is 9.33. The molecule has 0 amide bonds. The van der Waals surface area contributed by atoms with Crippen LogP contribution >= 0.6 is 0 Å². The van der Waals surface area contributed by atoms with Gasteiger partial charge >= 0.3 is 5.97 Å². The Bertz CT molecular complexity index is 975. The SMILES string of the molecule is C=C(C)C(=O)OCC(O)CC(O)COc1ccc2cc(-c3ccccc3)oc2c1. The third-order valence-electron chi connectivity index (χ3n) is 4.29. The Labute approximate surface area is 169 Å². The van der Waals surface area contributed by atoms with Crippen molar-refractivity contribution in [3.8, 4) is 17.1 Å². The zero-order valence-electron chi connectivity index (χ0n) is 16.2. The lowest BCUT2D eigenvalue weighted by Gasteiger charge is -2.16. The Morgan fingerprint density at radius 3 is 2.52 bits per heavy atom. The summed E-state index contributed by atoms with van der Waals surface area (Å²) in [6, 6.07) is 17.2. The van der Waals surface area contributed by atoms with Crippen LogP contribution in [0.15, 0.2) is 71.2 Å². The van der Waals surface area contributed by atoms with Gasteiger partial charge in [0.05, 0.1) is 12.2 Å². The minimum Gasteiger partial charge on any atom is -0.491 e. The van der Waals surface area contributed by atoms with Gasteiger partial charge in [-0.05, 0) is 25.1 Å². The van der Waals surface area contributed by atoms with E-state index < -0.39 is 18.2 Å². The van der Waals surface area contributed by atoms with Crippen molar-refractivity contribution in [1.29, 1.82) is 0 Å². The first-order valence-corrected chi connectivity index (χ1v) is 9.33. The zero-order chi connectivity index (χ0) is 20.8. The number of fused-ring (bicyclic) bond motifs is 1. The molecule has 0 spiro atoms. The van der Waals surface area contributed by atoms with Crippen LogP contribution in [-0.2, 0) is 9.53 Å². The molecule has 6 heteroatoms. The molecule has 0 bridgehead atoms. The molecule has 0 aliphatic carbocycles. The third-order valence-corrected chi connectivity index (χ3v) is 4.29. The van der Waals surface area contributed by atoms with E-state index in [0.29, 0.717) is 11.3 Å². The molecule has 3 rings (SSSR count). The number of aliphatic hydroxyl groups is 2. The molecule has 0 fully saturated rings. The summed E-state index contributed by atoms with van der Waals surface area (Å²) in [6.45, 7) is 4.77. The number of rotatable bonds is 9. The Kier molecular flexibility index (Phi) is 6.69. The highest BCUT2D eigenvalue weighted by atomic mass is 16.5. The first-order chi connectivity index (χ1) is 13.9. The summed E-state index contributed by atoms with van der Waals surface area (Å²) in [5, 5.41) is 20.9. The van der Waals surface area contributed by atoms with Crippen LogP contribution in [0.2, 0.25) is 0 Å². The maximum absolute atomic E-state index is 11.3. The summed E-state index contributed by atoms with van der Waals surface area (Å²) in [6.07, 6.45) is -1.89. The highest BCUT2D eigenvalue weighted by Gasteiger charge is 2.15. The van der Waals surface area contributed by atoms with E-state index in [1.165, 1.54) is 6.92 Å². The highest BCUT2D eigenvalue weighted by Crippen LogP contribution is 2.30. The van der Waals surface area contributed by atoms with E-state index in [2.05, 4.69) is 6.58 Å². The van der Waals surface area contributed by atoms with Gasteiger partial charge < -0.3 is 24.1 Å². The summed E-state index contributed by atoms with van der Waals surface area (Å²) in [5.41, 5.74) is 1.93. The van der Waals surface area contributed by atoms with Crippen LogP contribution < -0.4 is 4.74 Å². The lowest BCUT2D eigenvalue weighted by Crippen LogP contribution is -2.27. The number of ether oxygens (including phenoxy) is 2. The molecule has 29 heavy (non-hydrogen) atoms. The van der Waals surface area contributed by atoms with Crippen molar-refractivity contribution in [3.63, 3.8) is 0 Å². The maximum Gasteiger partial charge on any atom is 0.333 e. The third kappa shape index (κ3) is 5.70. The van der Waals surface area contributed by atoms with Crippen LogP contribution in [0.25, 0.3) is 22.3 Å². The number of furan rings is 1. The van der Waals surface area contributed by atoms with Gasteiger partial charge in [-0.25, -0.2) is 4.79 Å². The summed E-state index contributed by atoms with van der Waals surface area (Å²) in [4.78, 5) is 11.3. The van der Waals surface area contributed by atoms with Crippen LogP contribution in [0.1, 0.15) is 13.3 Å². The molecule has 1 aromatic heterocycles. The van der Waals surface area contributed by atoms with Gasteiger partial charge in [-0.1, -0.05) is 36.9 Å². The van der Waals surface area contributed by atoms with E-state index in [-0.39, 0.29) is 25.2 Å². The first kappa shape index (κ1) is 20.6. The van der Waals surface area contributed by atoms with Crippen molar-refractivity contribution < 1.29 is 28.9 Å². The average Bonchev–Trinajstić information content (AvgIpc) is 3.14. The monoisotopic (exact) mass is 396 g/mol. The molecule has 2 atom stereocenters. The fourth-order valence-corrected chi connectivity index (χ4v) is 2.78. The lowest BCUT2D eigenvalue weighted by atomic mass is 10.1. The molecule has 152 valence electrons. The highest BCUT2D eigenvalue weighted by molar-refractivity contribution is 5.87. The molecule has 0 radical (unpaired) electrons. The summed E-state index contributed by atoms with van der Waals surface area (Å²) < 4.78 is 16.4. The van der Waals surface area contributed by atoms with Crippen LogP contribution in [0.4, 0.5) is 0 Å². The van der Waals surface area contributed by atoms with Gasteiger partial charge in [-0.15, -0.1) is 0 Å². The molecule has 0 saturated heterocycles. The van der Waals surface area contributed by atoms with Crippen molar-refractivity contribution in [1.82, 2.24) is 0 Å². The molecule has 2 aromatic carbocycles. The van der Waals surface area contributed by atoms with Gasteiger partial charge in [-0.3, -0.25) is 0 Å². The number of hydrogen-bond donors (Lipinski definition) is 2. The topological polar surface area (TPSA) is 89.1 Å². The Balaban J connectivity index is 1.53. The molecular formula is C23H24O6. The molecule has 0 aliphatic rings. The molecule has 1 heterocycles. The Morgan fingerprint density at radius 2 is 1.79 bits per heavy atom. The summed E-state index contributed by atoms with van der Waals surface area (Å²) in [5.74, 6) is 0.746. The van der Waals surface area contributed by atoms with E-state index in [1.54, 1.807) is 12.1 Å². The summed E-state index contributed by atoms with van der Waals surface area (Å²) >= 11 is 0. The van der Waals surface area contributed by atoms with Gasteiger partial charge in [0.25, 0.3) is 0 Å². The average molecular weight is 396 g/mol. The zero-order valence-corrected chi connectivity index (χ0v) is 16.2. The van der Waals surface area contributed by atoms with Crippen LogP contribution in [0, 0.1) is 0 Å². The number of esters is 1. The molecule has 3 aromatic rings. The molecule has 6 nitrogen and oxygen atoms in total. The maximum atomic E-state index is 11.3. The van der Waals surface area contributed by atoms with E-state index in [0.717, 1.165) is 16.7 Å². The van der Waals surface area contributed by atoms with E-state index in [4.69, 9.17) is 13.9 Å². The van der Waals surface area contributed by atoms with Crippen molar-refractivity contribution >= 4 is 16.9 Å². The normalized spacial score (nSPS) is 13.1. The second-order valence-corrected chi connectivity index (χ2v) is 6.91. The Morgan fingerprint density at radius 1 is 1.07 bits per heavy atom. The predicted molar refractivity (Wildman–Crippen MR) is 110 cm³/mol. The van der Waals surface area contributed by atoms with E-state index >= 15 is 0 Å². The van der Waals surface area contributed by atoms with Gasteiger partial charge in [-0.2, -0.15) is 0 Å². The molecular weight excluding hydrogens is 372 g/mol.